The van der Waals surface area contributed by atoms with Crippen molar-refractivity contribution in [3.05, 3.63) is 24.2 Å². The number of carbonyl (C=O) groups excluding carboxylic acids is 1. The smallest absolute Gasteiger partial charge is 0.236 e. The topological polar surface area (TPSA) is 56.9 Å². The van der Waals surface area contributed by atoms with Gasteiger partial charge in [-0.15, -0.1) is 0 Å². The van der Waals surface area contributed by atoms with Gasteiger partial charge in [-0.2, -0.15) is 0 Å². The number of carbonyl (C=O) groups is 1. The highest BCUT2D eigenvalue weighted by Crippen LogP contribution is 2.28. The normalized spacial score (nSPS) is 29.8. The summed E-state index contributed by atoms with van der Waals surface area (Å²) in [5.41, 5.74) is 0. The number of amides is 1. The van der Waals surface area contributed by atoms with E-state index in [9.17, 15) is 9.90 Å². The zero-order valence-electron chi connectivity index (χ0n) is 14.9. The molecule has 4 unspecified atom stereocenters. The van der Waals surface area contributed by atoms with E-state index in [0.717, 1.165) is 32.5 Å². The van der Waals surface area contributed by atoms with Crippen LogP contribution in [0.5, 0.6) is 0 Å². The van der Waals surface area contributed by atoms with Crippen LogP contribution in [0.1, 0.15) is 51.4 Å². The Labute approximate surface area is 144 Å². The average Bonchev–Trinajstić information content (AvgIpc) is 3.18. The Morgan fingerprint density at radius 2 is 2.12 bits per heavy atom. The van der Waals surface area contributed by atoms with Crippen molar-refractivity contribution in [3.63, 3.8) is 0 Å². The third kappa shape index (κ3) is 4.19. The molecule has 5 heteroatoms. The van der Waals surface area contributed by atoms with Gasteiger partial charge in [0.25, 0.3) is 0 Å². The second kappa shape index (κ2) is 7.70. The summed E-state index contributed by atoms with van der Waals surface area (Å²) in [5.74, 6) is 2.04. The largest absolute Gasteiger partial charge is 0.467 e. The number of rotatable bonds is 5. The van der Waals surface area contributed by atoms with Gasteiger partial charge in [0.2, 0.25) is 5.91 Å². The molecule has 1 amide bonds. The summed E-state index contributed by atoms with van der Waals surface area (Å²) < 4.78 is 5.30. The number of aliphatic hydroxyl groups excluding tert-OH is 1. The molecule has 3 heterocycles. The molecule has 1 N–H and O–H groups in total. The fraction of sp³-hybridized carbons (Fsp3) is 0.737. The van der Waals surface area contributed by atoms with Gasteiger partial charge >= 0.3 is 0 Å². The van der Waals surface area contributed by atoms with Crippen LogP contribution in [-0.4, -0.2) is 53.0 Å². The molecule has 0 saturated carbocycles. The summed E-state index contributed by atoms with van der Waals surface area (Å²) in [4.78, 5) is 17.0. The van der Waals surface area contributed by atoms with Gasteiger partial charge in [0.15, 0.2) is 0 Å². The summed E-state index contributed by atoms with van der Waals surface area (Å²) in [5, 5.41) is 10.3. The number of furan rings is 1. The zero-order chi connectivity index (χ0) is 17.1. The van der Waals surface area contributed by atoms with E-state index in [1.165, 1.54) is 6.42 Å². The van der Waals surface area contributed by atoms with Crippen LogP contribution in [0.25, 0.3) is 0 Å². The molecule has 2 saturated heterocycles. The average molecular weight is 334 g/mol. The quantitative estimate of drug-likeness (QED) is 0.899. The molecule has 0 aliphatic carbocycles. The van der Waals surface area contributed by atoms with E-state index < -0.39 is 6.10 Å². The summed E-state index contributed by atoms with van der Waals surface area (Å²) in [6.07, 6.45) is 4.98. The van der Waals surface area contributed by atoms with Crippen molar-refractivity contribution in [1.82, 2.24) is 9.80 Å². The van der Waals surface area contributed by atoms with Crippen LogP contribution < -0.4 is 0 Å². The SMILES string of the molecule is CC1CC(C)CN(C(=O)CN2CCCC2CC(O)c2ccco2)C1. The molecule has 0 aromatic carbocycles. The van der Waals surface area contributed by atoms with Crippen molar-refractivity contribution in [2.75, 3.05) is 26.2 Å². The van der Waals surface area contributed by atoms with Gasteiger partial charge in [0, 0.05) is 19.1 Å². The molecule has 0 bridgehead atoms. The van der Waals surface area contributed by atoms with Crippen LogP contribution in [0.4, 0.5) is 0 Å². The van der Waals surface area contributed by atoms with Crippen LogP contribution in [-0.2, 0) is 4.79 Å². The predicted molar refractivity (Wildman–Crippen MR) is 92.4 cm³/mol. The Kier molecular flexibility index (Phi) is 5.61. The van der Waals surface area contributed by atoms with Crippen molar-refractivity contribution in [2.45, 2.75) is 51.7 Å². The lowest BCUT2D eigenvalue weighted by Gasteiger charge is -2.36. The van der Waals surface area contributed by atoms with Crippen molar-refractivity contribution < 1.29 is 14.3 Å². The first kappa shape index (κ1) is 17.5. The van der Waals surface area contributed by atoms with Crippen LogP contribution in [0.2, 0.25) is 0 Å². The van der Waals surface area contributed by atoms with Gasteiger partial charge in [0.05, 0.1) is 12.8 Å². The maximum absolute atomic E-state index is 12.7. The van der Waals surface area contributed by atoms with E-state index in [1.54, 1.807) is 12.3 Å². The van der Waals surface area contributed by atoms with Gasteiger partial charge in [-0.25, -0.2) is 0 Å². The lowest BCUT2D eigenvalue weighted by Crippen LogP contribution is -2.47. The number of hydrogen-bond donors (Lipinski definition) is 1. The van der Waals surface area contributed by atoms with Crippen molar-refractivity contribution in [1.29, 1.82) is 0 Å². The van der Waals surface area contributed by atoms with Crippen molar-refractivity contribution >= 4 is 5.91 Å². The Hall–Kier alpha value is -1.33. The Morgan fingerprint density at radius 1 is 1.38 bits per heavy atom. The second-order valence-corrected chi connectivity index (χ2v) is 7.78. The highest BCUT2D eigenvalue weighted by atomic mass is 16.4. The van der Waals surface area contributed by atoms with Crippen molar-refractivity contribution in [2.24, 2.45) is 11.8 Å². The number of nitrogens with zero attached hydrogens (tertiary/aromatic N) is 2. The van der Waals surface area contributed by atoms with Gasteiger partial charge in [-0.05, 0) is 56.2 Å². The molecule has 5 nitrogen and oxygen atoms in total. The van der Waals surface area contributed by atoms with E-state index in [2.05, 4.69) is 18.7 Å². The highest BCUT2D eigenvalue weighted by molar-refractivity contribution is 5.78. The minimum atomic E-state index is -0.587. The first-order valence-corrected chi connectivity index (χ1v) is 9.26. The molecule has 0 spiro atoms. The second-order valence-electron chi connectivity index (χ2n) is 7.78. The standard InChI is InChI=1S/C19H30N2O3/c1-14-9-15(2)12-21(11-14)19(23)13-20-7-3-5-16(20)10-17(22)18-6-4-8-24-18/h4,6,8,14-17,22H,3,5,7,9-13H2,1-2H3. The molecule has 2 aliphatic rings. The minimum Gasteiger partial charge on any atom is -0.467 e. The van der Waals surface area contributed by atoms with Crippen LogP contribution in [0.3, 0.4) is 0 Å². The third-order valence-corrected chi connectivity index (χ3v) is 5.43. The molecule has 1 aromatic heterocycles. The zero-order valence-corrected chi connectivity index (χ0v) is 14.9. The van der Waals surface area contributed by atoms with E-state index in [0.29, 0.717) is 30.6 Å². The molecular weight excluding hydrogens is 304 g/mol. The summed E-state index contributed by atoms with van der Waals surface area (Å²) >= 11 is 0. The highest BCUT2D eigenvalue weighted by Gasteiger charge is 2.32. The molecule has 2 fully saturated rings. The molecular formula is C19H30N2O3. The van der Waals surface area contributed by atoms with Crippen LogP contribution in [0, 0.1) is 11.8 Å². The lowest BCUT2D eigenvalue weighted by molar-refractivity contribution is -0.135. The van der Waals surface area contributed by atoms with E-state index in [1.807, 2.05) is 11.0 Å². The van der Waals surface area contributed by atoms with Crippen molar-refractivity contribution in [3.8, 4) is 0 Å². The molecule has 3 rings (SSSR count). The van der Waals surface area contributed by atoms with Gasteiger partial charge in [0.1, 0.15) is 11.9 Å². The maximum atomic E-state index is 12.7. The summed E-state index contributed by atoms with van der Waals surface area (Å²) in [6, 6.07) is 3.87. The minimum absolute atomic E-state index is 0.243. The molecule has 2 aliphatic heterocycles. The Balaban J connectivity index is 1.54. The lowest BCUT2D eigenvalue weighted by atomic mass is 9.92. The molecule has 24 heavy (non-hydrogen) atoms. The van der Waals surface area contributed by atoms with E-state index >= 15 is 0 Å². The van der Waals surface area contributed by atoms with E-state index in [4.69, 9.17) is 4.42 Å². The maximum Gasteiger partial charge on any atom is 0.236 e. The van der Waals surface area contributed by atoms with Gasteiger partial charge < -0.3 is 14.4 Å². The number of hydrogen-bond acceptors (Lipinski definition) is 4. The molecule has 0 radical (unpaired) electrons. The summed E-state index contributed by atoms with van der Waals surface area (Å²) in [7, 11) is 0. The molecule has 4 atom stereocenters. The predicted octanol–water partition coefficient (Wildman–Crippen LogP) is 2.67. The molecule has 134 valence electrons. The monoisotopic (exact) mass is 334 g/mol. The number of piperidine rings is 1. The summed E-state index contributed by atoms with van der Waals surface area (Å²) in [6.45, 7) is 7.66. The fourth-order valence-electron chi connectivity index (χ4n) is 4.37. The third-order valence-electron chi connectivity index (χ3n) is 5.43. The van der Waals surface area contributed by atoms with Gasteiger partial charge in [-0.1, -0.05) is 13.8 Å². The number of aliphatic hydroxyl groups is 1. The number of likely N-dealkylation sites (tertiary alicyclic amines) is 2. The Morgan fingerprint density at radius 3 is 2.79 bits per heavy atom. The van der Waals surface area contributed by atoms with Crippen LogP contribution in [0.15, 0.2) is 22.8 Å². The van der Waals surface area contributed by atoms with Crippen LogP contribution >= 0.6 is 0 Å². The Bertz CT molecular complexity index is 521. The fourth-order valence-corrected chi connectivity index (χ4v) is 4.37. The first-order valence-electron chi connectivity index (χ1n) is 9.26. The molecule has 1 aromatic rings. The first-order chi connectivity index (χ1) is 11.5. The van der Waals surface area contributed by atoms with E-state index in [-0.39, 0.29) is 11.9 Å². The van der Waals surface area contributed by atoms with Gasteiger partial charge in [-0.3, -0.25) is 9.69 Å².